The SMILES string of the molecule is COc1ccc(C(Cl)(c2ccc(C)cc2)c2ccc(-c3ccc(C(Cl)(c4ccc(C)cc4)c4ccc(OC)cc4)cc3)cc2)cc1. The molecule has 2 atom stereocenters. The predicted octanol–water partition coefficient (Wildman–Crippen LogP) is 11.0. The van der Waals surface area contributed by atoms with Crippen LogP contribution in [-0.4, -0.2) is 14.2 Å². The van der Waals surface area contributed by atoms with Crippen LogP contribution in [0.2, 0.25) is 0 Å². The first-order valence-electron chi connectivity index (χ1n) is 15.3. The van der Waals surface area contributed by atoms with Crippen LogP contribution < -0.4 is 9.47 Å². The molecule has 0 spiro atoms. The van der Waals surface area contributed by atoms with Gasteiger partial charge in [0.2, 0.25) is 0 Å². The van der Waals surface area contributed by atoms with E-state index in [1.165, 1.54) is 11.1 Å². The maximum absolute atomic E-state index is 7.61. The summed E-state index contributed by atoms with van der Waals surface area (Å²) in [4.78, 5) is -1.74. The average Bonchev–Trinajstić information content (AvgIpc) is 3.12. The summed E-state index contributed by atoms with van der Waals surface area (Å²) in [6.45, 7) is 4.17. The van der Waals surface area contributed by atoms with Gasteiger partial charge in [-0.25, -0.2) is 0 Å². The van der Waals surface area contributed by atoms with Crippen molar-refractivity contribution in [2.24, 2.45) is 0 Å². The van der Waals surface area contributed by atoms with Gasteiger partial charge in [0.25, 0.3) is 0 Å². The molecule has 0 aliphatic rings. The van der Waals surface area contributed by atoms with Gasteiger partial charge in [-0.2, -0.15) is 0 Å². The highest BCUT2D eigenvalue weighted by atomic mass is 35.5. The Hall–Kier alpha value is -4.50. The first-order valence-corrected chi connectivity index (χ1v) is 16.0. The van der Waals surface area contributed by atoms with E-state index in [2.05, 4.69) is 111 Å². The molecule has 6 aromatic carbocycles. The average molecular weight is 644 g/mol. The minimum Gasteiger partial charge on any atom is -0.497 e. The molecule has 0 saturated carbocycles. The molecule has 230 valence electrons. The molecule has 4 heteroatoms. The Labute approximate surface area is 282 Å². The van der Waals surface area contributed by atoms with Gasteiger partial charge < -0.3 is 9.47 Å². The summed E-state index contributed by atoms with van der Waals surface area (Å²) < 4.78 is 10.8. The number of rotatable bonds is 9. The Balaban J connectivity index is 1.36. The molecule has 2 nitrogen and oxygen atoms in total. The maximum Gasteiger partial charge on any atom is 0.119 e. The second-order valence-corrected chi connectivity index (χ2v) is 12.8. The van der Waals surface area contributed by atoms with E-state index in [0.29, 0.717) is 0 Å². The van der Waals surface area contributed by atoms with E-state index in [9.17, 15) is 0 Å². The maximum atomic E-state index is 7.61. The Morgan fingerprint density at radius 3 is 0.804 bits per heavy atom. The number of ether oxygens (including phenoxy) is 2. The number of methoxy groups -OCH3 is 2. The third-order valence-electron chi connectivity index (χ3n) is 8.77. The van der Waals surface area contributed by atoms with Crippen LogP contribution >= 0.6 is 23.2 Å². The monoisotopic (exact) mass is 642 g/mol. The zero-order valence-corrected chi connectivity index (χ0v) is 27.9. The standard InChI is InChI=1S/C42H36Cl2O2/c1-29-5-13-33(14-6-29)41(43,37-21-25-39(45-3)26-22-37)35-17-9-31(10-18-35)32-11-19-36(20-12-32)42(44,34-15-7-30(2)8-16-34)38-23-27-40(46-4)28-24-38/h5-28H,1-4H3. The zero-order valence-electron chi connectivity index (χ0n) is 26.4. The van der Waals surface area contributed by atoms with Crippen LogP contribution in [0.1, 0.15) is 44.5 Å². The lowest BCUT2D eigenvalue weighted by atomic mass is 9.82. The molecule has 0 N–H and O–H groups in total. The summed E-state index contributed by atoms with van der Waals surface area (Å²) >= 11 is 15.2. The molecular weight excluding hydrogens is 607 g/mol. The molecule has 6 aromatic rings. The summed E-state index contributed by atoms with van der Waals surface area (Å²) in [5, 5.41) is 0. The van der Waals surface area contributed by atoms with E-state index < -0.39 is 9.75 Å². The summed E-state index contributed by atoms with van der Waals surface area (Å²) in [6, 6.07) is 49.8. The van der Waals surface area contributed by atoms with E-state index >= 15 is 0 Å². The second-order valence-electron chi connectivity index (χ2n) is 11.7. The van der Waals surface area contributed by atoms with Crippen LogP contribution in [0.5, 0.6) is 11.5 Å². The van der Waals surface area contributed by atoms with Crippen molar-refractivity contribution in [3.63, 3.8) is 0 Å². The zero-order chi connectivity index (χ0) is 32.3. The van der Waals surface area contributed by atoms with Crippen molar-refractivity contribution < 1.29 is 9.47 Å². The van der Waals surface area contributed by atoms with Gasteiger partial charge in [-0.15, -0.1) is 23.2 Å². The molecule has 0 fully saturated rings. The van der Waals surface area contributed by atoms with E-state index in [0.717, 1.165) is 56.0 Å². The van der Waals surface area contributed by atoms with Crippen molar-refractivity contribution in [2.75, 3.05) is 14.2 Å². The summed E-state index contributed by atoms with van der Waals surface area (Å²) in [7, 11) is 3.34. The molecule has 0 aliphatic heterocycles. The number of benzene rings is 6. The van der Waals surface area contributed by atoms with E-state index in [-0.39, 0.29) is 0 Å². The fourth-order valence-electron chi connectivity index (χ4n) is 5.99. The first kappa shape index (κ1) is 31.5. The number of halogens is 2. The normalized spacial score (nSPS) is 13.8. The van der Waals surface area contributed by atoms with Crippen LogP contribution in [0, 0.1) is 13.8 Å². The predicted molar refractivity (Wildman–Crippen MR) is 192 cm³/mol. The fourth-order valence-corrected chi connectivity index (χ4v) is 6.75. The number of alkyl halides is 2. The number of hydrogen-bond acceptors (Lipinski definition) is 2. The van der Waals surface area contributed by atoms with Gasteiger partial charge >= 0.3 is 0 Å². The third-order valence-corrected chi connectivity index (χ3v) is 10.1. The lowest BCUT2D eigenvalue weighted by Crippen LogP contribution is -2.22. The van der Waals surface area contributed by atoms with Gasteiger partial charge in [-0.05, 0) is 82.6 Å². The van der Waals surface area contributed by atoms with Crippen LogP contribution in [0.25, 0.3) is 11.1 Å². The van der Waals surface area contributed by atoms with Crippen molar-refractivity contribution in [1.82, 2.24) is 0 Å². The Kier molecular flexibility index (Phi) is 8.95. The number of aryl methyl sites for hydroxylation is 2. The molecule has 46 heavy (non-hydrogen) atoms. The Morgan fingerprint density at radius 2 is 0.565 bits per heavy atom. The van der Waals surface area contributed by atoms with Gasteiger partial charge in [-0.3, -0.25) is 0 Å². The summed E-state index contributed by atoms with van der Waals surface area (Å²) in [5.41, 5.74) is 10.5. The van der Waals surface area contributed by atoms with E-state index in [1.54, 1.807) is 14.2 Å². The molecule has 0 bridgehead atoms. The van der Waals surface area contributed by atoms with Gasteiger partial charge in [0.15, 0.2) is 0 Å². The minimum atomic E-state index is -0.868. The molecule has 0 aliphatic carbocycles. The van der Waals surface area contributed by atoms with Crippen LogP contribution in [-0.2, 0) is 9.75 Å². The van der Waals surface area contributed by atoms with E-state index in [1.807, 2.05) is 48.5 Å². The molecule has 2 unspecified atom stereocenters. The van der Waals surface area contributed by atoms with E-state index in [4.69, 9.17) is 32.7 Å². The highest BCUT2D eigenvalue weighted by molar-refractivity contribution is 6.28. The molecule has 0 aromatic heterocycles. The van der Waals surface area contributed by atoms with Crippen molar-refractivity contribution in [1.29, 1.82) is 0 Å². The molecule has 0 amide bonds. The van der Waals surface area contributed by atoms with Gasteiger partial charge in [0, 0.05) is 0 Å². The lowest BCUT2D eigenvalue weighted by Gasteiger charge is -2.30. The Morgan fingerprint density at radius 1 is 0.348 bits per heavy atom. The smallest absolute Gasteiger partial charge is 0.119 e. The van der Waals surface area contributed by atoms with Gasteiger partial charge in [0.1, 0.15) is 21.2 Å². The van der Waals surface area contributed by atoms with Gasteiger partial charge in [-0.1, -0.05) is 132 Å². The highest BCUT2D eigenvalue weighted by Crippen LogP contribution is 2.46. The summed E-state index contributed by atoms with van der Waals surface area (Å²) in [5.74, 6) is 1.58. The number of hydrogen-bond donors (Lipinski definition) is 0. The van der Waals surface area contributed by atoms with Crippen LogP contribution in [0.4, 0.5) is 0 Å². The van der Waals surface area contributed by atoms with Crippen molar-refractivity contribution in [3.05, 3.63) is 190 Å². The topological polar surface area (TPSA) is 18.5 Å². The van der Waals surface area contributed by atoms with Crippen LogP contribution in [0.15, 0.2) is 146 Å². The molecule has 0 heterocycles. The first-order chi connectivity index (χ1) is 22.2. The molecule has 6 rings (SSSR count). The summed E-state index contributed by atoms with van der Waals surface area (Å²) in [6.07, 6.45) is 0. The largest absolute Gasteiger partial charge is 0.497 e. The molecular formula is C42H36Cl2O2. The second kappa shape index (κ2) is 13.1. The Bertz CT molecular complexity index is 1750. The molecule has 0 saturated heterocycles. The van der Waals surface area contributed by atoms with Crippen molar-refractivity contribution in [2.45, 2.75) is 23.6 Å². The molecule has 0 radical (unpaired) electrons. The van der Waals surface area contributed by atoms with Crippen molar-refractivity contribution >= 4 is 23.2 Å². The van der Waals surface area contributed by atoms with Crippen molar-refractivity contribution in [3.8, 4) is 22.6 Å². The highest BCUT2D eigenvalue weighted by Gasteiger charge is 2.35. The fraction of sp³-hybridized carbons (Fsp3) is 0.143. The van der Waals surface area contributed by atoms with Crippen LogP contribution in [0.3, 0.4) is 0 Å². The minimum absolute atomic E-state index is 0.792. The lowest BCUT2D eigenvalue weighted by molar-refractivity contribution is 0.414. The van der Waals surface area contributed by atoms with Gasteiger partial charge in [0.05, 0.1) is 14.2 Å². The quantitative estimate of drug-likeness (QED) is 0.115. The third kappa shape index (κ3) is 5.91.